The summed E-state index contributed by atoms with van der Waals surface area (Å²) in [5.41, 5.74) is 4.55. The predicted molar refractivity (Wildman–Crippen MR) is 143 cm³/mol. The minimum atomic E-state index is -4.59. The molecule has 218 valence electrons. The largest absolute Gasteiger partial charge is 0.444 e. The predicted octanol–water partition coefficient (Wildman–Crippen LogP) is 4.49. The monoisotopic (exact) mass is 573 g/mol. The van der Waals surface area contributed by atoms with Crippen LogP contribution in [0.4, 0.5) is 23.8 Å². The number of hydrogen-bond donors (Lipinski definition) is 3. The van der Waals surface area contributed by atoms with Gasteiger partial charge in [0.05, 0.1) is 11.6 Å². The standard InChI is InChI=1S/C27H30F3N7O4/c1-26(2,3)41-25(40)36-13-5-4-6-18(36)23-35-20(21(22(31)38)37(23)32)15-7-9-16(10-8-15)24(39)34-19-14-17(11-12-33-19)27(28,29)30/h7-12,14,18H,4-6,13,32H2,1-3H3,(H2,31,38)(H,33,34,39). The Morgan fingerprint density at radius 1 is 1.07 bits per heavy atom. The van der Waals surface area contributed by atoms with Crippen LogP contribution in [-0.4, -0.2) is 49.6 Å². The number of nitrogen functional groups attached to an aromatic ring is 1. The molecule has 1 atom stereocenters. The first-order valence-corrected chi connectivity index (χ1v) is 12.8. The van der Waals surface area contributed by atoms with Crippen LogP contribution >= 0.6 is 0 Å². The second kappa shape index (κ2) is 11.1. The van der Waals surface area contributed by atoms with Gasteiger partial charge in [-0.3, -0.25) is 14.5 Å². The number of nitrogens with one attached hydrogen (secondary N) is 1. The van der Waals surface area contributed by atoms with Crippen LogP contribution < -0.4 is 16.9 Å². The number of nitrogens with zero attached hydrogens (tertiary/aromatic N) is 4. The van der Waals surface area contributed by atoms with Gasteiger partial charge in [0.15, 0.2) is 11.5 Å². The van der Waals surface area contributed by atoms with Crippen molar-refractivity contribution in [3.63, 3.8) is 0 Å². The van der Waals surface area contributed by atoms with E-state index in [1.807, 2.05) is 0 Å². The quantitative estimate of drug-likeness (QED) is 0.379. The Bertz CT molecular complexity index is 1460. The molecule has 3 heterocycles. The van der Waals surface area contributed by atoms with Crippen molar-refractivity contribution in [3.05, 3.63) is 65.2 Å². The number of anilines is 1. The number of benzene rings is 1. The van der Waals surface area contributed by atoms with Gasteiger partial charge in [0, 0.05) is 23.9 Å². The van der Waals surface area contributed by atoms with Gasteiger partial charge in [-0.15, -0.1) is 0 Å². The second-order valence-electron chi connectivity index (χ2n) is 10.5. The zero-order valence-corrected chi connectivity index (χ0v) is 22.7. The van der Waals surface area contributed by atoms with Crippen molar-refractivity contribution in [1.82, 2.24) is 19.5 Å². The molecule has 2 aromatic heterocycles. The molecule has 1 aromatic carbocycles. The molecule has 1 aliphatic rings. The Balaban J connectivity index is 1.61. The maximum Gasteiger partial charge on any atom is 0.416 e. The fourth-order valence-electron chi connectivity index (χ4n) is 4.50. The number of alkyl halides is 3. The van der Waals surface area contributed by atoms with E-state index in [1.165, 1.54) is 29.2 Å². The molecule has 1 saturated heterocycles. The van der Waals surface area contributed by atoms with E-state index in [0.717, 1.165) is 35.8 Å². The first-order valence-electron chi connectivity index (χ1n) is 12.8. The van der Waals surface area contributed by atoms with Gasteiger partial charge in [-0.05, 0) is 64.3 Å². The number of nitrogens with two attached hydrogens (primary N) is 2. The SMILES string of the molecule is CC(C)(C)OC(=O)N1CCCCC1c1nc(-c2ccc(C(=O)Nc3cc(C(F)(F)F)ccn3)cc2)c(C(N)=O)n1N. The molecule has 0 spiro atoms. The highest BCUT2D eigenvalue weighted by atomic mass is 19.4. The van der Waals surface area contributed by atoms with Crippen LogP contribution in [0.15, 0.2) is 42.6 Å². The molecule has 1 fully saturated rings. The molecule has 0 radical (unpaired) electrons. The lowest BCUT2D eigenvalue weighted by molar-refractivity contribution is -0.137. The first-order chi connectivity index (χ1) is 19.2. The van der Waals surface area contributed by atoms with Crippen molar-refractivity contribution >= 4 is 23.7 Å². The molecule has 0 bridgehead atoms. The van der Waals surface area contributed by atoms with E-state index in [9.17, 15) is 27.6 Å². The average molecular weight is 574 g/mol. The summed E-state index contributed by atoms with van der Waals surface area (Å²) in [5, 5.41) is 2.33. The van der Waals surface area contributed by atoms with Gasteiger partial charge in [-0.1, -0.05) is 12.1 Å². The number of likely N-dealkylation sites (tertiary alicyclic amines) is 1. The van der Waals surface area contributed by atoms with Gasteiger partial charge in [0.1, 0.15) is 17.1 Å². The number of ether oxygens (including phenoxy) is 1. The zero-order valence-electron chi connectivity index (χ0n) is 22.7. The number of rotatable bonds is 5. The summed E-state index contributed by atoms with van der Waals surface area (Å²) in [6.45, 7) is 5.70. The minimum absolute atomic E-state index is 0.0971. The molecular weight excluding hydrogens is 543 g/mol. The molecule has 41 heavy (non-hydrogen) atoms. The van der Waals surface area contributed by atoms with E-state index < -0.39 is 41.3 Å². The molecule has 11 nitrogen and oxygen atoms in total. The van der Waals surface area contributed by atoms with E-state index in [-0.39, 0.29) is 28.6 Å². The lowest BCUT2D eigenvalue weighted by atomic mass is 10.0. The molecule has 14 heteroatoms. The van der Waals surface area contributed by atoms with E-state index in [0.29, 0.717) is 18.5 Å². The fraction of sp³-hybridized carbons (Fsp3) is 0.370. The van der Waals surface area contributed by atoms with Crippen molar-refractivity contribution in [3.8, 4) is 11.3 Å². The summed E-state index contributed by atoms with van der Waals surface area (Å²) in [7, 11) is 0. The highest BCUT2D eigenvalue weighted by Gasteiger charge is 2.36. The normalized spacial score (nSPS) is 15.9. The minimum Gasteiger partial charge on any atom is -0.444 e. The van der Waals surface area contributed by atoms with Crippen LogP contribution in [0.5, 0.6) is 0 Å². The van der Waals surface area contributed by atoms with Gasteiger partial charge in [0.25, 0.3) is 11.8 Å². The first kappa shape index (κ1) is 29.4. The Labute approximate surface area is 233 Å². The number of halogens is 3. The van der Waals surface area contributed by atoms with E-state index >= 15 is 0 Å². The van der Waals surface area contributed by atoms with Crippen molar-refractivity contribution in [1.29, 1.82) is 0 Å². The summed E-state index contributed by atoms with van der Waals surface area (Å²) in [5.74, 6) is 4.73. The average Bonchev–Trinajstić information content (AvgIpc) is 3.24. The molecule has 3 amide bonds. The Hall–Kier alpha value is -4.62. The number of aromatic nitrogens is 3. The van der Waals surface area contributed by atoms with Gasteiger partial charge >= 0.3 is 12.3 Å². The molecule has 1 aliphatic heterocycles. The Morgan fingerprint density at radius 3 is 2.37 bits per heavy atom. The summed E-state index contributed by atoms with van der Waals surface area (Å²) < 4.78 is 45.6. The van der Waals surface area contributed by atoms with E-state index in [1.54, 1.807) is 20.8 Å². The number of pyridine rings is 1. The van der Waals surface area contributed by atoms with Gasteiger partial charge in [-0.2, -0.15) is 13.2 Å². The molecule has 4 rings (SSSR count). The van der Waals surface area contributed by atoms with E-state index in [2.05, 4.69) is 15.3 Å². The number of hydrogen-bond acceptors (Lipinski definition) is 7. The lowest BCUT2D eigenvalue weighted by Gasteiger charge is -2.36. The summed E-state index contributed by atoms with van der Waals surface area (Å²) in [6.07, 6.45) is -2.08. The summed E-state index contributed by atoms with van der Waals surface area (Å²) >= 11 is 0. The van der Waals surface area contributed by atoms with Crippen LogP contribution in [0, 0.1) is 0 Å². The topological polar surface area (TPSA) is 158 Å². The number of imidazole rings is 1. The van der Waals surface area contributed by atoms with Crippen LogP contribution in [0.3, 0.4) is 0 Å². The Morgan fingerprint density at radius 2 is 1.76 bits per heavy atom. The highest BCUT2D eigenvalue weighted by molar-refractivity contribution is 6.04. The summed E-state index contributed by atoms with van der Waals surface area (Å²) in [4.78, 5) is 47.9. The van der Waals surface area contributed by atoms with Crippen LogP contribution in [-0.2, 0) is 10.9 Å². The Kier molecular flexibility index (Phi) is 7.95. The number of carbonyl (C=O) groups excluding carboxylic acids is 3. The third kappa shape index (κ3) is 6.58. The third-order valence-corrected chi connectivity index (χ3v) is 6.35. The van der Waals surface area contributed by atoms with Gasteiger partial charge < -0.3 is 21.6 Å². The van der Waals surface area contributed by atoms with Crippen LogP contribution in [0.1, 0.15) is 78.3 Å². The fourth-order valence-corrected chi connectivity index (χ4v) is 4.50. The van der Waals surface area contributed by atoms with Crippen LogP contribution in [0.25, 0.3) is 11.3 Å². The van der Waals surface area contributed by atoms with Gasteiger partial charge in [-0.25, -0.2) is 19.4 Å². The van der Waals surface area contributed by atoms with Crippen molar-refractivity contribution in [2.24, 2.45) is 5.73 Å². The smallest absolute Gasteiger partial charge is 0.416 e. The lowest BCUT2D eigenvalue weighted by Crippen LogP contribution is -2.43. The van der Waals surface area contributed by atoms with Crippen LogP contribution in [0.2, 0.25) is 0 Å². The van der Waals surface area contributed by atoms with E-state index in [4.69, 9.17) is 16.3 Å². The zero-order chi connectivity index (χ0) is 30.1. The maximum absolute atomic E-state index is 13.0. The molecule has 0 aliphatic carbocycles. The van der Waals surface area contributed by atoms with Crippen molar-refractivity contribution in [2.45, 2.75) is 57.9 Å². The number of amides is 3. The number of carbonyl (C=O) groups is 3. The molecule has 3 aromatic rings. The van der Waals surface area contributed by atoms with Crippen molar-refractivity contribution in [2.75, 3.05) is 17.7 Å². The molecule has 1 unspecified atom stereocenters. The number of primary amides is 1. The third-order valence-electron chi connectivity index (χ3n) is 6.35. The highest BCUT2D eigenvalue weighted by Crippen LogP contribution is 2.35. The molecular formula is C27H30F3N7O4. The molecule has 5 N–H and O–H groups in total. The second-order valence-corrected chi connectivity index (χ2v) is 10.5. The van der Waals surface area contributed by atoms with Gasteiger partial charge in [0.2, 0.25) is 0 Å². The number of piperidine rings is 1. The maximum atomic E-state index is 13.0. The van der Waals surface area contributed by atoms with Crippen molar-refractivity contribution < 1.29 is 32.3 Å². The molecule has 0 saturated carbocycles. The summed E-state index contributed by atoms with van der Waals surface area (Å²) in [6, 6.07) is 6.77.